The van der Waals surface area contributed by atoms with Crippen molar-refractivity contribution >= 4 is 5.82 Å². The Morgan fingerprint density at radius 1 is 1.50 bits per heavy atom. The van der Waals surface area contributed by atoms with Crippen molar-refractivity contribution in [1.82, 2.24) is 9.55 Å². The number of nitrogens with two attached hydrogens (primary N) is 1. The third kappa shape index (κ3) is 1.90. The van der Waals surface area contributed by atoms with Gasteiger partial charge in [-0.1, -0.05) is 6.08 Å². The van der Waals surface area contributed by atoms with Gasteiger partial charge < -0.3 is 21.1 Å². The Labute approximate surface area is 101 Å². The van der Waals surface area contributed by atoms with Crippen molar-refractivity contribution in [3.05, 3.63) is 34.1 Å². The van der Waals surface area contributed by atoms with E-state index in [9.17, 15) is 19.4 Å². The number of nitrogens with zero attached hydrogens (tertiary/aromatic N) is 2. The summed E-state index contributed by atoms with van der Waals surface area (Å²) in [4.78, 5) is 14.8. The first-order valence-electron chi connectivity index (χ1n) is 5.17. The van der Waals surface area contributed by atoms with Crippen molar-refractivity contribution in [1.29, 1.82) is 0 Å². The van der Waals surface area contributed by atoms with Gasteiger partial charge in [0.05, 0.1) is 12.6 Å². The molecule has 98 valence electrons. The summed E-state index contributed by atoms with van der Waals surface area (Å²) in [6.45, 7) is -0.464. The van der Waals surface area contributed by atoms with Crippen LogP contribution in [0.15, 0.2) is 22.6 Å². The van der Waals surface area contributed by atoms with Gasteiger partial charge in [0, 0.05) is 6.20 Å². The van der Waals surface area contributed by atoms with Crippen LogP contribution in [0, 0.1) is 5.82 Å². The second-order valence-corrected chi connectivity index (χ2v) is 3.99. The van der Waals surface area contributed by atoms with Crippen LogP contribution in [0.25, 0.3) is 0 Å². The monoisotopic (exact) mass is 257 g/mol. The fraction of sp³-hybridized carbons (Fsp3) is 0.400. The normalized spacial score (nSPS) is 27.3. The highest BCUT2D eigenvalue weighted by atomic mass is 19.1. The summed E-state index contributed by atoms with van der Waals surface area (Å²) in [6, 6.07) is -0.989. The minimum Gasteiger partial charge on any atom is -0.392 e. The Hall–Kier alpha value is -1.77. The number of aliphatic hydroxyl groups is 3. The van der Waals surface area contributed by atoms with Gasteiger partial charge in [-0.3, -0.25) is 4.57 Å². The van der Waals surface area contributed by atoms with E-state index < -0.39 is 42.2 Å². The summed E-state index contributed by atoms with van der Waals surface area (Å²) in [5, 5.41) is 28.3. The fourth-order valence-corrected chi connectivity index (χ4v) is 1.88. The molecule has 0 fully saturated rings. The summed E-state index contributed by atoms with van der Waals surface area (Å²) < 4.78 is 14.1. The maximum atomic E-state index is 13.3. The molecule has 0 spiro atoms. The van der Waals surface area contributed by atoms with Gasteiger partial charge in [0.1, 0.15) is 12.2 Å². The summed E-state index contributed by atoms with van der Waals surface area (Å²) in [5.41, 5.74) is 4.45. The minimum atomic E-state index is -1.35. The van der Waals surface area contributed by atoms with E-state index in [1.54, 1.807) is 0 Å². The molecule has 8 heteroatoms. The highest BCUT2D eigenvalue weighted by Gasteiger charge is 2.36. The highest BCUT2D eigenvalue weighted by molar-refractivity contribution is 5.28. The Morgan fingerprint density at radius 3 is 2.72 bits per heavy atom. The second kappa shape index (κ2) is 4.48. The molecule has 0 aliphatic heterocycles. The molecule has 7 nitrogen and oxygen atoms in total. The van der Waals surface area contributed by atoms with Crippen LogP contribution in [0.1, 0.15) is 6.04 Å². The van der Waals surface area contributed by atoms with Crippen LogP contribution >= 0.6 is 0 Å². The van der Waals surface area contributed by atoms with Gasteiger partial charge in [-0.05, 0) is 5.57 Å². The summed E-state index contributed by atoms with van der Waals surface area (Å²) in [5.74, 6) is -1.43. The summed E-state index contributed by atoms with van der Waals surface area (Å²) in [7, 11) is 0. The van der Waals surface area contributed by atoms with Gasteiger partial charge >= 0.3 is 5.69 Å². The Balaban J connectivity index is 2.47. The zero-order valence-corrected chi connectivity index (χ0v) is 9.19. The lowest BCUT2D eigenvalue weighted by Gasteiger charge is -2.19. The lowest BCUT2D eigenvalue weighted by Crippen LogP contribution is -2.36. The lowest BCUT2D eigenvalue weighted by molar-refractivity contribution is 0.0270. The molecule has 3 atom stereocenters. The molecule has 1 aromatic heterocycles. The quantitative estimate of drug-likeness (QED) is 0.462. The van der Waals surface area contributed by atoms with E-state index in [1.807, 2.05) is 0 Å². The predicted octanol–water partition coefficient (Wildman–Crippen LogP) is -1.84. The minimum absolute atomic E-state index is 0.164. The number of aromatic nitrogens is 2. The molecule has 0 saturated carbocycles. The van der Waals surface area contributed by atoms with Gasteiger partial charge in [0.25, 0.3) is 0 Å². The van der Waals surface area contributed by atoms with E-state index >= 15 is 0 Å². The molecule has 0 amide bonds. The van der Waals surface area contributed by atoms with E-state index in [-0.39, 0.29) is 5.57 Å². The Kier molecular flexibility index (Phi) is 3.16. The molecule has 1 aliphatic carbocycles. The third-order valence-electron chi connectivity index (χ3n) is 2.88. The molecular weight excluding hydrogens is 245 g/mol. The predicted molar refractivity (Wildman–Crippen MR) is 59.1 cm³/mol. The van der Waals surface area contributed by atoms with Crippen molar-refractivity contribution < 1.29 is 19.7 Å². The molecule has 5 N–H and O–H groups in total. The number of hydrogen-bond donors (Lipinski definition) is 4. The molecule has 0 unspecified atom stereocenters. The third-order valence-corrected chi connectivity index (χ3v) is 2.88. The maximum absolute atomic E-state index is 13.3. The first kappa shape index (κ1) is 12.7. The summed E-state index contributed by atoms with van der Waals surface area (Å²) >= 11 is 0. The van der Waals surface area contributed by atoms with Crippen molar-refractivity contribution in [2.45, 2.75) is 18.2 Å². The topological polar surface area (TPSA) is 122 Å². The number of nitrogen functional groups attached to an aromatic ring is 1. The Bertz CT molecular complexity index is 557. The van der Waals surface area contributed by atoms with Crippen LogP contribution < -0.4 is 11.4 Å². The largest absolute Gasteiger partial charge is 0.392 e. The van der Waals surface area contributed by atoms with Crippen LogP contribution in [-0.2, 0) is 0 Å². The Morgan fingerprint density at radius 2 is 2.17 bits per heavy atom. The molecule has 0 saturated heterocycles. The molecule has 1 aliphatic rings. The number of hydrogen-bond acceptors (Lipinski definition) is 6. The summed E-state index contributed by atoms with van der Waals surface area (Å²) in [6.07, 6.45) is -0.543. The molecule has 0 bridgehead atoms. The van der Waals surface area contributed by atoms with E-state index in [0.717, 1.165) is 10.8 Å². The van der Waals surface area contributed by atoms with Crippen molar-refractivity contribution in [3.8, 4) is 0 Å². The molecular formula is C10H12FN3O4. The van der Waals surface area contributed by atoms with Crippen molar-refractivity contribution in [2.75, 3.05) is 12.3 Å². The van der Waals surface area contributed by atoms with Gasteiger partial charge in [0.2, 0.25) is 0 Å². The zero-order valence-electron chi connectivity index (χ0n) is 9.19. The van der Waals surface area contributed by atoms with E-state index in [1.165, 1.54) is 6.08 Å². The van der Waals surface area contributed by atoms with Gasteiger partial charge in [-0.15, -0.1) is 0 Å². The average molecular weight is 257 g/mol. The molecule has 1 aromatic rings. The smallest absolute Gasteiger partial charge is 0.350 e. The number of anilines is 1. The highest BCUT2D eigenvalue weighted by Crippen LogP contribution is 2.28. The number of aliphatic hydroxyl groups excluding tert-OH is 3. The molecule has 18 heavy (non-hydrogen) atoms. The van der Waals surface area contributed by atoms with Crippen molar-refractivity contribution in [3.63, 3.8) is 0 Å². The van der Waals surface area contributed by atoms with Gasteiger partial charge in [-0.2, -0.15) is 4.98 Å². The van der Waals surface area contributed by atoms with E-state index in [4.69, 9.17) is 10.8 Å². The molecule has 2 rings (SSSR count). The van der Waals surface area contributed by atoms with E-state index in [2.05, 4.69) is 4.98 Å². The number of halogens is 1. The average Bonchev–Trinajstić information content (AvgIpc) is 2.61. The van der Waals surface area contributed by atoms with E-state index in [0.29, 0.717) is 0 Å². The zero-order chi connectivity index (χ0) is 13.4. The van der Waals surface area contributed by atoms with Crippen LogP contribution in [-0.4, -0.2) is 43.7 Å². The molecule has 1 heterocycles. The fourth-order valence-electron chi connectivity index (χ4n) is 1.88. The number of rotatable bonds is 2. The van der Waals surface area contributed by atoms with Crippen LogP contribution in [0.5, 0.6) is 0 Å². The first-order chi connectivity index (χ1) is 8.45. The lowest BCUT2D eigenvalue weighted by atomic mass is 10.1. The molecule has 0 aromatic carbocycles. The SMILES string of the molecule is Nc1nc(=O)n([C@@H]2C=C(CO)[C@@H](O)[C@H]2O)cc1F. The molecule has 0 radical (unpaired) electrons. The first-order valence-corrected chi connectivity index (χ1v) is 5.17. The van der Waals surface area contributed by atoms with Crippen LogP contribution in [0.4, 0.5) is 10.2 Å². The standard InChI is InChI=1S/C10H12FN3O4/c11-5-2-14(10(18)13-9(5)12)6-1-4(3-15)7(16)8(6)17/h1-2,6-8,15-17H,3H2,(H2,12,13,18)/t6-,7-,8+/m1/s1. The van der Waals surface area contributed by atoms with Crippen LogP contribution in [0.3, 0.4) is 0 Å². The van der Waals surface area contributed by atoms with Crippen molar-refractivity contribution in [2.24, 2.45) is 0 Å². The van der Waals surface area contributed by atoms with Gasteiger partial charge in [-0.25, -0.2) is 9.18 Å². The van der Waals surface area contributed by atoms with Crippen LogP contribution in [0.2, 0.25) is 0 Å². The second-order valence-electron chi connectivity index (χ2n) is 3.99. The maximum Gasteiger partial charge on any atom is 0.350 e. The van der Waals surface area contributed by atoms with Gasteiger partial charge in [0.15, 0.2) is 11.6 Å².